The normalized spacial score (nSPS) is 16.7. The van der Waals surface area contributed by atoms with Crippen LogP contribution in [0.25, 0.3) is 0 Å². The lowest BCUT2D eigenvalue weighted by molar-refractivity contribution is -0.123. The molecular weight excluding hydrogens is 298 g/mol. The summed E-state index contributed by atoms with van der Waals surface area (Å²) in [5, 5.41) is 3.65. The molecule has 0 aromatic carbocycles. The van der Waals surface area contributed by atoms with Crippen LogP contribution in [0.1, 0.15) is 36.0 Å². The maximum Gasteiger partial charge on any atom is 0.264 e. The minimum absolute atomic E-state index is 0.0349. The van der Waals surface area contributed by atoms with E-state index in [-0.39, 0.29) is 11.8 Å². The van der Waals surface area contributed by atoms with E-state index in [1.807, 2.05) is 38.7 Å². The predicted molar refractivity (Wildman–Crippen MR) is 90.5 cm³/mol. The molecule has 0 saturated carbocycles. The van der Waals surface area contributed by atoms with Gasteiger partial charge in [0.1, 0.15) is 0 Å². The summed E-state index contributed by atoms with van der Waals surface area (Å²) in [6.45, 7) is 10.9. The summed E-state index contributed by atoms with van der Waals surface area (Å²) < 4.78 is 0. The standard InChI is InChI=1S/C16H25N3O2S/c1-11-10-12(17-15(21)16(2,3)4)22-13(11)14(20)19-8-6-18(5)7-9-19/h10H,6-9H2,1-5H3,(H,17,21). The molecule has 1 fully saturated rings. The summed E-state index contributed by atoms with van der Waals surface area (Å²) in [6, 6.07) is 1.89. The molecule has 0 radical (unpaired) electrons. The zero-order chi connectivity index (χ0) is 16.5. The van der Waals surface area contributed by atoms with E-state index in [2.05, 4.69) is 17.3 Å². The van der Waals surface area contributed by atoms with Crippen molar-refractivity contribution < 1.29 is 9.59 Å². The maximum absolute atomic E-state index is 12.6. The van der Waals surface area contributed by atoms with Gasteiger partial charge in [0.15, 0.2) is 0 Å². The second-order valence-corrected chi connectivity index (χ2v) is 7.97. The first-order valence-corrected chi connectivity index (χ1v) is 8.40. The summed E-state index contributed by atoms with van der Waals surface area (Å²) in [4.78, 5) is 29.5. The van der Waals surface area contributed by atoms with Crippen molar-refractivity contribution >= 4 is 28.2 Å². The summed E-state index contributed by atoms with van der Waals surface area (Å²) in [6.07, 6.45) is 0. The van der Waals surface area contributed by atoms with Crippen LogP contribution in [-0.2, 0) is 4.79 Å². The van der Waals surface area contributed by atoms with Gasteiger partial charge >= 0.3 is 0 Å². The molecule has 1 aliphatic rings. The van der Waals surface area contributed by atoms with Crippen molar-refractivity contribution in [2.45, 2.75) is 27.7 Å². The summed E-state index contributed by atoms with van der Waals surface area (Å²) in [5.41, 5.74) is 0.484. The molecule has 6 heteroatoms. The van der Waals surface area contributed by atoms with Gasteiger partial charge in [-0.05, 0) is 25.6 Å². The Bertz CT molecular complexity index is 566. The zero-order valence-electron chi connectivity index (χ0n) is 14.0. The van der Waals surface area contributed by atoms with Gasteiger partial charge in [0.2, 0.25) is 5.91 Å². The molecule has 1 aromatic rings. The van der Waals surface area contributed by atoms with Crippen LogP contribution in [-0.4, -0.2) is 54.8 Å². The van der Waals surface area contributed by atoms with Crippen LogP contribution >= 0.6 is 11.3 Å². The van der Waals surface area contributed by atoms with Crippen molar-refractivity contribution in [3.8, 4) is 0 Å². The molecule has 5 nitrogen and oxygen atoms in total. The van der Waals surface area contributed by atoms with Crippen LogP contribution in [0.4, 0.5) is 5.00 Å². The van der Waals surface area contributed by atoms with Crippen molar-refractivity contribution in [2.24, 2.45) is 5.41 Å². The molecule has 0 unspecified atom stereocenters. The molecule has 1 aliphatic heterocycles. The fourth-order valence-electron chi connectivity index (χ4n) is 2.21. The molecule has 2 heterocycles. The molecular formula is C16H25N3O2S. The highest BCUT2D eigenvalue weighted by Gasteiger charge is 2.25. The van der Waals surface area contributed by atoms with Crippen molar-refractivity contribution in [3.63, 3.8) is 0 Å². The molecule has 1 aromatic heterocycles. The summed E-state index contributed by atoms with van der Waals surface area (Å²) in [7, 11) is 2.07. The van der Waals surface area contributed by atoms with Crippen LogP contribution < -0.4 is 5.32 Å². The van der Waals surface area contributed by atoms with Gasteiger partial charge in [-0.3, -0.25) is 9.59 Å². The van der Waals surface area contributed by atoms with Crippen LogP contribution in [0.5, 0.6) is 0 Å². The largest absolute Gasteiger partial charge is 0.335 e. The van der Waals surface area contributed by atoms with Gasteiger partial charge in [0.05, 0.1) is 9.88 Å². The van der Waals surface area contributed by atoms with Crippen molar-refractivity contribution in [1.82, 2.24) is 9.80 Å². The molecule has 0 bridgehead atoms. The highest BCUT2D eigenvalue weighted by atomic mass is 32.1. The number of piperazine rings is 1. The fourth-order valence-corrected chi connectivity index (χ4v) is 3.24. The Kier molecular flexibility index (Phi) is 4.92. The third-order valence-electron chi connectivity index (χ3n) is 3.82. The second-order valence-electron chi connectivity index (χ2n) is 6.92. The Morgan fingerprint density at radius 1 is 1.18 bits per heavy atom. The number of hydrogen-bond donors (Lipinski definition) is 1. The highest BCUT2D eigenvalue weighted by Crippen LogP contribution is 2.29. The predicted octanol–water partition coefficient (Wildman–Crippen LogP) is 2.43. The first-order valence-electron chi connectivity index (χ1n) is 7.58. The number of amides is 2. The minimum atomic E-state index is -0.445. The quantitative estimate of drug-likeness (QED) is 0.909. The Balaban J connectivity index is 2.09. The van der Waals surface area contributed by atoms with Crippen molar-refractivity contribution in [2.75, 3.05) is 38.5 Å². The topological polar surface area (TPSA) is 52.7 Å². The van der Waals surface area contributed by atoms with Crippen LogP contribution in [0.2, 0.25) is 0 Å². The van der Waals surface area contributed by atoms with Gasteiger partial charge in [-0.1, -0.05) is 20.8 Å². The number of likely N-dealkylation sites (N-methyl/N-ethyl adjacent to an activating group) is 1. The molecule has 0 atom stereocenters. The number of aryl methyl sites for hydroxylation is 1. The molecule has 0 spiro atoms. The van der Waals surface area contributed by atoms with Gasteiger partial charge in [-0.2, -0.15) is 0 Å². The molecule has 22 heavy (non-hydrogen) atoms. The number of anilines is 1. The van der Waals surface area contributed by atoms with Crippen molar-refractivity contribution in [1.29, 1.82) is 0 Å². The molecule has 0 aliphatic carbocycles. The van der Waals surface area contributed by atoms with Gasteiger partial charge < -0.3 is 15.1 Å². The smallest absolute Gasteiger partial charge is 0.264 e. The third kappa shape index (κ3) is 3.87. The Labute approximate surface area is 136 Å². The van der Waals surface area contributed by atoms with E-state index >= 15 is 0 Å². The Morgan fingerprint density at radius 2 is 1.77 bits per heavy atom. The van der Waals surface area contributed by atoms with Gasteiger partial charge in [-0.25, -0.2) is 0 Å². The van der Waals surface area contributed by atoms with E-state index in [9.17, 15) is 9.59 Å². The highest BCUT2D eigenvalue weighted by molar-refractivity contribution is 7.18. The Morgan fingerprint density at radius 3 is 2.32 bits per heavy atom. The summed E-state index contributed by atoms with van der Waals surface area (Å²) >= 11 is 1.37. The lowest BCUT2D eigenvalue weighted by Gasteiger charge is -2.32. The van der Waals surface area contributed by atoms with E-state index < -0.39 is 5.41 Å². The van der Waals surface area contributed by atoms with Crippen molar-refractivity contribution in [3.05, 3.63) is 16.5 Å². The fraction of sp³-hybridized carbons (Fsp3) is 0.625. The first-order chi connectivity index (χ1) is 10.2. The van der Waals surface area contributed by atoms with Crippen LogP contribution in [0.3, 0.4) is 0 Å². The minimum Gasteiger partial charge on any atom is -0.335 e. The average molecular weight is 323 g/mol. The third-order valence-corrected chi connectivity index (χ3v) is 4.96. The lowest BCUT2D eigenvalue weighted by atomic mass is 9.96. The average Bonchev–Trinajstić information content (AvgIpc) is 2.78. The SMILES string of the molecule is Cc1cc(NC(=O)C(C)(C)C)sc1C(=O)N1CCN(C)CC1. The number of rotatable bonds is 2. The van der Waals surface area contributed by atoms with Gasteiger partial charge in [0.25, 0.3) is 5.91 Å². The molecule has 2 rings (SSSR count). The molecule has 1 saturated heterocycles. The first kappa shape index (κ1) is 17.0. The van der Waals surface area contributed by atoms with Gasteiger partial charge in [0, 0.05) is 31.6 Å². The van der Waals surface area contributed by atoms with E-state index in [0.717, 1.165) is 41.6 Å². The van der Waals surface area contributed by atoms with Crippen LogP contribution in [0, 0.1) is 12.3 Å². The number of hydrogen-bond acceptors (Lipinski definition) is 4. The Hall–Kier alpha value is -1.40. The van der Waals surface area contributed by atoms with E-state index in [4.69, 9.17) is 0 Å². The molecule has 1 N–H and O–H groups in total. The number of carbonyl (C=O) groups excluding carboxylic acids is 2. The van der Waals surface area contributed by atoms with Crippen LogP contribution in [0.15, 0.2) is 6.07 Å². The number of carbonyl (C=O) groups is 2. The second kappa shape index (κ2) is 6.38. The maximum atomic E-state index is 12.6. The monoisotopic (exact) mass is 323 g/mol. The van der Waals surface area contributed by atoms with E-state index in [0.29, 0.717) is 0 Å². The summed E-state index contributed by atoms with van der Waals surface area (Å²) in [5.74, 6) is 0.0409. The van der Waals surface area contributed by atoms with Gasteiger partial charge in [-0.15, -0.1) is 11.3 Å². The lowest BCUT2D eigenvalue weighted by Crippen LogP contribution is -2.47. The number of nitrogens with one attached hydrogen (secondary N) is 1. The van der Waals surface area contributed by atoms with E-state index in [1.54, 1.807) is 0 Å². The molecule has 2 amide bonds. The zero-order valence-corrected chi connectivity index (χ0v) is 14.8. The van der Waals surface area contributed by atoms with E-state index in [1.165, 1.54) is 11.3 Å². The number of thiophene rings is 1. The molecule has 122 valence electrons. The number of nitrogens with zero attached hydrogens (tertiary/aromatic N) is 2.